The van der Waals surface area contributed by atoms with Crippen molar-refractivity contribution in [1.82, 2.24) is 9.97 Å². The van der Waals surface area contributed by atoms with Crippen molar-refractivity contribution in [3.05, 3.63) is 42.2 Å². The molecule has 3 nitrogen and oxygen atoms in total. The van der Waals surface area contributed by atoms with Crippen LogP contribution in [0.5, 0.6) is 0 Å². The van der Waals surface area contributed by atoms with Crippen molar-refractivity contribution in [3.8, 4) is 11.3 Å². The molecular weight excluding hydrogens is 266 g/mol. The molecule has 2 rings (SSSR count). The molecule has 2 aromatic rings. The van der Waals surface area contributed by atoms with E-state index < -0.39 is 0 Å². The van der Waals surface area contributed by atoms with E-state index in [0.717, 1.165) is 47.4 Å². The molecule has 0 amide bonds. The minimum atomic E-state index is 0.859. The number of nitrogens with zero attached hydrogens (tertiary/aromatic N) is 2. The van der Waals surface area contributed by atoms with Gasteiger partial charge >= 0.3 is 0 Å². The van der Waals surface area contributed by atoms with Crippen molar-refractivity contribution < 1.29 is 0 Å². The van der Waals surface area contributed by atoms with Gasteiger partial charge in [0.2, 0.25) is 0 Å². The monoisotopic (exact) mass is 287 g/mol. The molecule has 0 saturated carbocycles. The molecule has 0 fully saturated rings. The third kappa shape index (κ3) is 4.23. The highest BCUT2D eigenvalue weighted by molar-refractivity contribution is 7.98. The summed E-state index contributed by atoms with van der Waals surface area (Å²) in [5.41, 5.74) is 2.13. The zero-order valence-corrected chi connectivity index (χ0v) is 12.9. The summed E-state index contributed by atoms with van der Waals surface area (Å²) in [6.07, 6.45) is 1.09. The Kier molecular flexibility index (Phi) is 5.87. The molecule has 0 aliphatic rings. The van der Waals surface area contributed by atoms with Crippen LogP contribution in [0.15, 0.2) is 36.4 Å². The highest BCUT2D eigenvalue weighted by atomic mass is 32.2. The van der Waals surface area contributed by atoms with Crippen molar-refractivity contribution in [1.29, 1.82) is 0 Å². The molecule has 4 heteroatoms. The van der Waals surface area contributed by atoms with Crippen LogP contribution in [0.3, 0.4) is 0 Å². The summed E-state index contributed by atoms with van der Waals surface area (Å²) in [6, 6.07) is 12.3. The summed E-state index contributed by atoms with van der Waals surface area (Å²) in [4.78, 5) is 9.27. The molecule has 0 bridgehead atoms. The van der Waals surface area contributed by atoms with E-state index in [0.29, 0.717) is 0 Å². The Labute approximate surface area is 125 Å². The number of nitrogens with one attached hydrogen (secondary N) is 1. The number of anilines is 1. The molecule has 0 aliphatic heterocycles. The number of benzene rings is 1. The summed E-state index contributed by atoms with van der Waals surface area (Å²) < 4.78 is 0. The predicted molar refractivity (Wildman–Crippen MR) is 88.1 cm³/mol. The van der Waals surface area contributed by atoms with Crippen LogP contribution in [-0.2, 0) is 5.75 Å². The van der Waals surface area contributed by atoms with Crippen LogP contribution in [0.1, 0.15) is 26.1 Å². The van der Waals surface area contributed by atoms with Gasteiger partial charge in [-0.05, 0) is 12.2 Å². The van der Waals surface area contributed by atoms with Gasteiger partial charge in [0, 0.05) is 18.2 Å². The average Bonchev–Trinajstić information content (AvgIpc) is 2.51. The number of aromatic nitrogens is 2. The van der Waals surface area contributed by atoms with Gasteiger partial charge in [-0.15, -0.1) is 0 Å². The first-order valence-corrected chi connectivity index (χ1v) is 8.24. The molecule has 0 unspecified atom stereocenters. The Balaban J connectivity index is 2.29. The number of hydrogen-bond donors (Lipinski definition) is 1. The molecule has 106 valence electrons. The van der Waals surface area contributed by atoms with Crippen LogP contribution in [0.2, 0.25) is 0 Å². The molecular formula is C16H21N3S. The van der Waals surface area contributed by atoms with E-state index in [-0.39, 0.29) is 0 Å². The van der Waals surface area contributed by atoms with Gasteiger partial charge in [0.05, 0.1) is 11.4 Å². The molecule has 0 saturated heterocycles. The van der Waals surface area contributed by atoms with Crippen molar-refractivity contribution in [2.45, 2.75) is 26.0 Å². The van der Waals surface area contributed by atoms with Gasteiger partial charge in [-0.3, -0.25) is 0 Å². The molecule has 0 aliphatic carbocycles. The first-order valence-electron chi connectivity index (χ1n) is 7.08. The normalized spacial score (nSPS) is 10.5. The molecule has 0 spiro atoms. The molecule has 0 radical (unpaired) electrons. The maximum Gasteiger partial charge on any atom is 0.141 e. The van der Waals surface area contributed by atoms with Gasteiger partial charge in [-0.2, -0.15) is 11.8 Å². The average molecular weight is 287 g/mol. The summed E-state index contributed by atoms with van der Waals surface area (Å²) in [7, 11) is 0. The number of rotatable bonds is 7. The molecule has 1 N–H and O–H groups in total. The van der Waals surface area contributed by atoms with Gasteiger partial charge in [-0.1, -0.05) is 44.2 Å². The van der Waals surface area contributed by atoms with Crippen LogP contribution in [0.25, 0.3) is 11.3 Å². The molecule has 0 atom stereocenters. The zero-order valence-electron chi connectivity index (χ0n) is 12.1. The van der Waals surface area contributed by atoms with Crippen LogP contribution < -0.4 is 5.32 Å². The fraction of sp³-hybridized carbons (Fsp3) is 0.375. The highest BCUT2D eigenvalue weighted by Crippen LogP contribution is 2.21. The van der Waals surface area contributed by atoms with Crippen molar-refractivity contribution in [3.63, 3.8) is 0 Å². The minimum Gasteiger partial charge on any atom is -0.370 e. The lowest BCUT2D eigenvalue weighted by atomic mass is 10.1. The topological polar surface area (TPSA) is 37.8 Å². The van der Waals surface area contributed by atoms with Crippen LogP contribution in [0, 0.1) is 0 Å². The van der Waals surface area contributed by atoms with E-state index in [1.807, 2.05) is 36.0 Å². The van der Waals surface area contributed by atoms with Crippen LogP contribution >= 0.6 is 11.8 Å². The van der Waals surface area contributed by atoms with E-state index in [1.165, 1.54) is 0 Å². The number of hydrogen-bond acceptors (Lipinski definition) is 4. The van der Waals surface area contributed by atoms with Crippen molar-refractivity contribution in [2.24, 2.45) is 0 Å². The van der Waals surface area contributed by atoms with E-state index in [9.17, 15) is 0 Å². The second-order valence-corrected chi connectivity index (χ2v) is 5.76. The van der Waals surface area contributed by atoms with Gasteiger partial charge in [-0.25, -0.2) is 9.97 Å². The van der Waals surface area contributed by atoms with Gasteiger partial charge < -0.3 is 5.32 Å². The van der Waals surface area contributed by atoms with Gasteiger partial charge in [0.25, 0.3) is 0 Å². The second kappa shape index (κ2) is 7.90. The largest absolute Gasteiger partial charge is 0.370 e. The Hall–Kier alpha value is -1.55. The lowest BCUT2D eigenvalue weighted by Crippen LogP contribution is -2.05. The smallest absolute Gasteiger partial charge is 0.141 e. The fourth-order valence-electron chi connectivity index (χ4n) is 1.86. The Morgan fingerprint density at radius 3 is 2.60 bits per heavy atom. The first-order chi connectivity index (χ1) is 9.83. The SMILES string of the molecule is CCCNc1cc(-c2ccccc2)nc(CSCC)n1. The van der Waals surface area contributed by atoms with Crippen molar-refractivity contribution in [2.75, 3.05) is 17.6 Å². The third-order valence-corrected chi connectivity index (χ3v) is 3.70. The second-order valence-electron chi connectivity index (χ2n) is 4.48. The Morgan fingerprint density at radius 2 is 1.90 bits per heavy atom. The Morgan fingerprint density at radius 1 is 1.10 bits per heavy atom. The molecule has 1 heterocycles. The summed E-state index contributed by atoms with van der Waals surface area (Å²) in [5.74, 6) is 3.76. The first kappa shape index (κ1) is 14.9. The highest BCUT2D eigenvalue weighted by Gasteiger charge is 2.06. The number of thioether (sulfide) groups is 1. The fourth-order valence-corrected chi connectivity index (χ4v) is 2.37. The molecule has 1 aromatic carbocycles. The van der Waals surface area contributed by atoms with Crippen molar-refractivity contribution >= 4 is 17.6 Å². The molecule has 1 aromatic heterocycles. The van der Waals surface area contributed by atoms with E-state index >= 15 is 0 Å². The third-order valence-electron chi connectivity index (χ3n) is 2.83. The van der Waals surface area contributed by atoms with Crippen LogP contribution in [0.4, 0.5) is 5.82 Å². The van der Waals surface area contributed by atoms with E-state index in [4.69, 9.17) is 0 Å². The summed E-state index contributed by atoms with van der Waals surface area (Å²) in [6.45, 7) is 5.24. The molecule has 20 heavy (non-hydrogen) atoms. The quantitative estimate of drug-likeness (QED) is 0.827. The minimum absolute atomic E-state index is 0.859. The lowest BCUT2D eigenvalue weighted by molar-refractivity contribution is 0.952. The van der Waals surface area contributed by atoms with Gasteiger partial charge in [0.1, 0.15) is 11.6 Å². The predicted octanol–water partition coefficient (Wildman–Crippen LogP) is 4.22. The standard InChI is InChI=1S/C16H21N3S/c1-3-10-17-15-11-14(13-8-6-5-7-9-13)18-16(19-15)12-20-4-2/h5-9,11H,3-4,10,12H2,1-2H3,(H,17,18,19). The van der Waals surface area contributed by atoms with Crippen LogP contribution in [-0.4, -0.2) is 22.3 Å². The summed E-state index contributed by atoms with van der Waals surface area (Å²) in [5, 5.41) is 3.36. The maximum absolute atomic E-state index is 4.68. The Bertz CT molecular complexity index is 502. The lowest BCUT2D eigenvalue weighted by Gasteiger charge is -2.09. The van der Waals surface area contributed by atoms with E-state index in [2.05, 4.69) is 41.3 Å². The summed E-state index contributed by atoms with van der Waals surface area (Å²) >= 11 is 1.84. The van der Waals surface area contributed by atoms with E-state index in [1.54, 1.807) is 0 Å². The van der Waals surface area contributed by atoms with Gasteiger partial charge in [0.15, 0.2) is 0 Å². The zero-order chi connectivity index (χ0) is 14.2. The maximum atomic E-state index is 4.68.